The smallest absolute Gasteiger partial charge is 0.196 e. The third-order valence-corrected chi connectivity index (χ3v) is 2.92. The molecular weight excluding hydrogens is 215 g/mol. The zero-order chi connectivity index (χ0) is 12.7. The number of unbranched alkanes of at least 4 members (excludes halogenated alkanes) is 3. The summed E-state index contributed by atoms with van der Waals surface area (Å²) in [7, 11) is 0. The van der Waals surface area contributed by atoms with Crippen molar-refractivity contribution in [2.45, 2.75) is 52.1 Å². The number of hydrogen-bond donors (Lipinski definition) is 0. The lowest BCUT2D eigenvalue weighted by Crippen LogP contribution is -2.11. The molecule has 1 aromatic carbocycles. The predicted molar refractivity (Wildman–Crippen MR) is 69.2 cm³/mol. The summed E-state index contributed by atoms with van der Waals surface area (Å²) in [6.45, 7) is 3.47. The number of Topliss-reactive ketones (excluding diaryl/α,β-unsaturated/α-hetero) is 1. The van der Waals surface area contributed by atoms with Crippen molar-refractivity contribution in [2.75, 3.05) is 0 Å². The average molecular weight is 236 g/mol. The highest BCUT2D eigenvalue weighted by Gasteiger charge is 2.12. The molecule has 0 saturated heterocycles. The van der Waals surface area contributed by atoms with E-state index in [0.717, 1.165) is 6.42 Å². The molecule has 0 aromatic heterocycles. The van der Waals surface area contributed by atoms with Crippen LogP contribution in [0.1, 0.15) is 55.5 Å². The normalized spacial score (nSPS) is 12.4. The number of aryl methyl sites for hydroxylation is 1. The van der Waals surface area contributed by atoms with E-state index in [2.05, 4.69) is 6.92 Å². The van der Waals surface area contributed by atoms with Crippen LogP contribution in [-0.4, -0.2) is 12.0 Å². The minimum absolute atomic E-state index is 0.428. The number of alkyl halides is 1. The fourth-order valence-electron chi connectivity index (χ4n) is 1.82. The molecule has 0 N–H and O–H groups in total. The van der Waals surface area contributed by atoms with Gasteiger partial charge in [-0.3, -0.25) is 4.79 Å². The second-order valence-corrected chi connectivity index (χ2v) is 4.49. The number of ketones is 1. The lowest BCUT2D eigenvalue weighted by atomic mass is 10.0. The highest BCUT2D eigenvalue weighted by Crippen LogP contribution is 2.11. The molecule has 17 heavy (non-hydrogen) atoms. The van der Waals surface area contributed by atoms with E-state index in [4.69, 9.17) is 0 Å². The molecule has 1 aromatic rings. The Labute approximate surface area is 103 Å². The Morgan fingerprint density at radius 2 is 1.82 bits per heavy atom. The molecule has 0 aliphatic carbocycles. The van der Waals surface area contributed by atoms with Gasteiger partial charge >= 0.3 is 0 Å². The van der Waals surface area contributed by atoms with Gasteiger partial charge in [0.2, 0.25) is 0 Å². The average Bonchev–Trinajstić information content (AvgIpc) is 2.34. The van der Waals surface area contributed by atoms with Gasteiger partial charge in [-0.25, -0.2) is 4.39 Å². The van der Waals surface area contributed by atoms with Gasteiger partial charge in [0, 0.05) is 5.56 Å². The van der Waals surface area contributed by atoms with E-state index in [1.54, 1.807) is 12.1 Å². The van der Waals surface area contributed by atoms with Gasteiger partial charge in [-0.05, 0) is 25.3 Å². The van der Waals surface area contributed by atoms with Crippen LogP contribution in [0, 0.1) is 0 Å². The molecule has 1 atom stereocenters. The minimum Gasteiger partial charge on any atom is -0.291 e. The summed E-state index contributed by atoms with van der Waals surface area (Å²) < 4.78 is 12.8. The highest BCUT2D eigenvalue weighted by molar-refractivity contribution is 5.99. The van der Waals surface area contributed by atoms with Crippen LogP contribution in [0.15, 0.2) is 24.3 Å². The first kappa shape index (κ1) is 13.9. The highest BCUT2D eigenvalue weighted by atomic mass is 19.1. The van der Waals surface area contributed by atoms with Crippen LogP contribution in [0.2, 0.25) is 0 Å². The summed E-state index contributed by atoms with van der Waals surface area (Å²) in [4.78, 5) is 11.4. The van der Waals surface area contributed by atoms with Crippen LogP contribution in [-0.2, 0) is 6.42 Å². The van der Waals surface area contributed by atoms with Crippen LogP contribution in [0.4, 0.5) is 4.39 Å². The fourth-order valence-corrected chi connectivity index (χ4v) is 1.82. The number of carbonyl (C=O) groups excluding carboxylic acids is 1. The molecule has 0 aliphatic heterocycles. The van der Waals surface area contributed by atoms with Crippen molar-refractivity contribution in [1.29, 1.82) is 0 Å². The molecule has 2 heteroatoms. The second-order valence-electron chi connectivity index (χ2n) is 4.49. The summed E-state index contributed by atoms with van der Waals surface area (Å²) in [5.41, 5.74) is 1.70. The van der Waals surface area contributed by atoms with Crippen LogP contribution < -0.4 is 0 Å². The number of benzene rings is 1. The molecule has 1 rings (SSSR count). The van der Waals surface area contributed by atoms with Gasteiger partial charge in [0.25, 0.3) is 0 Å². The molecule has 1 unspecified atom stereocenters. The zero-order valence-electron chi connectivity index (χ0n) is 10.7. The summed E-state index contributed by atoms with van der Waals surface area (Å²) >= 11 is 0. The summed E-state index contributed by atoms with van der Waals surface area (Å²) in [6.07, 6.45) is 4.57. The van der Waals surface area contributed by atoms with E-state index in [9.17, 15) is 9.18 Å². The first-order valence-corrected chi connectivity index (χ1v) is 6.42. The van der Waals surface area contributed by atoms with Crippen LogP contribution in [0.25, 0.3) is 0 Å². The quantitative estimate of drug-likeness (QED) is 0.508. The number of hydrogen-bond acceptors (Lipinski definition) is 1. The van der Waals surface area contributed by atoms with Crippen molar-refractivity contribution >= 4 is 5.78 Å². The van der Waals surface area contributed by atoms with Gasteiger partial charge in [0.1, 0.15) is 0 Å². The fraction of sp³-hybridized carbons (Fsp3) is 0.533. The van der Waals surface area contributed by atoms with Crippen molar-refractivity contribution in [3.63, 3.8) is 0 Å². The minimum atomic E-state index is -1.41. The van der Waals surface area contributed by atoms with E-state index in [1.165, 1.54) is 38.2 Å². The number of rotatable bonds is 7. The van der Waals surface area contributed by atoms with Gasteiger partial charge in [0.05, 0.1) is 0 Å². The molecular formula is C15H21FO. The summed E-state index contributed by atoms with van der Waals surface area (Å²) in [6, 6.07) is 7.32. The van der Waals surface area contributed by atoms with Crippen LogP contribution >= 0.6 is 0 Å². The lowest BCUT2D eigenvalue weighted by molar-refractivity contribution is 0.0893. The van der Waals surface area contributed by atoms with Gasteiger partial charge < -0.3 is 0 Å². The Bertz CT molecular complexity index is 340. The Morgan fingerprint density at radius 3 is 2.35 bits per heavy atom. The maximum Gasteiger partial charge on any atom is 0.196 e. The number of halogens is 1. The van der Waals surface area contributed by atoms with Gasteiger partial charge in [-0.1, -0.05) is 50.5 Å². The van der Waals surface area contributed by atoms with Crippen molar-refractivity contribution in [3.05, 3.63) is 35.4 Å². The molecule has 0 saturated carbocycles. The Hall–Kier alpha value is -1.18. The SMILES string of the molecule is CCCCCCc1ccc(C(=O)C(C)F)cc1. The molecule has 0 radical (unpaired) electrons. The first-order valence-electron chi connectivity index (χ1n) is 6.42. The molecule has 94 valence electrons. The first-order chi connectivity index (χ1) is 8.15. The second kappa shape index (κ2) is 7.21. The third kappa shape index (κ3) is 4.68. The van der Waals surface area contributed by atoms with Crippen LogP contribution in [0.3, 0.4) is 0 Å². The molecule has 0 spiro atoms. The Kier molecular flexibility index (Phi) is 5.88. The molecule has 0 amide bonds. The van der Waals surface area contributed by atoms with E-state index in [0.29, 0.717) is 5.56 Å². The molecule has 0 fully saturated rings. The summed E-state index contributed by atoms with van der Waals surface area (Å²) in [5, 5.41) is 0. The maximum atomic E-state index is 12.8. The summed E-state index contributed by atoms with van der Waals surface area (Å²) in [5.74, 6) is -0.428. The molecule has 1 nitrogen and oxygen atoms in total. The van der Waals surface area contributed by atoms with E-state index in [-0.39, 0.29) is 0 Å². The van der Waals surface area contributed by atoms with Crippen molar-refractivity contribution in [1.82, 2.24) is 0 Å². The number of carbonyl (C=O) groups is 1. The van der Waals surface area contributed by atoms with E-state index >= 15 is 0 Å². The topological polar surface area (TPSA) is 17.1 Å². The van der Waals surface area contributed by atoms with E-state index < -0.39 is 12.0 Å². The molecule has 0 aliphatic rings. The van der Waals surface area contributed by atoms with Crippen LogP contribution in [0.5, 0.6) is 0 Å². The Balaban J connectivity index is 2.47. The molecule has 0 bridgehead atoms. The maximum absolute atomic E-state index is 12.8. The van der Waals surface area contributed by atoms with Gasteiger partial charge in [-0.15, -0.1) is 0 Å². The lowest BCUT2D eigenvalue weighted by Gasteiger charge is -2.04. The van der Waals surface area contributed by atoms with Crippen molar-refractivity contribution in [3.8, 4) is 0 Å². The van der Waals surface area contributed by atoms with Gasteiger partial charge in [0.15, 0.2) is 12.0 Å². The van der Waals surface area contributed by atoms with E-state index in [1.807, 2.05) is 12.1 Å². The third-order valence-electron chi connectivity index (χ3n) is 2.92. The van der Waals surface area contributed by atoms with Crippen molar-refractivity contribution in [2.24, 2.45) is 0 Å². The van der Waals surface area contributed by atoms with Gasteiger partial charge in [-0.2, -0.15) is 0 Å². The Morgan fingerprint density at radius 1 is 1.18 bits per heavy atom. The van der Waals surface area contributed by atoms with Crippen molar-refractivity contribution < 1.29 is 9.18 Å². The molecule has 0 heterocycles. The standard InChI is InChI=1S/C15H21FO/c1-3-4-5-6-7-13-8-10-14(11-9-13)15(17)12(2)16/h8-12H,3-7H2,1-2H3. The largest absolute Gasteiger partial charge is 0.291 e. The zero-order valence-corrected chi connectivity index (χ0v) is 10.7. The predicted octanol–water partition coefficient (Wildman–Crippen LogP) is 4.35. The monoisotopic (exact) mass is 236 g/mol.